The van der Waals surface area contributed by atoms with Crippen LogP contribution in [0.4, 0.5) is 10.5 Å². The molecule has 9 nitrogen and oxygen atoms in total. The molecule has 1 fully saturated rings. The van der Waals surface area contributed by atoms with Gasteiger partial charge < -0.3 is 19.4 Å². The minimum absolute atomic E-state index is 0.238. The average Bonchev–Trinajstić information content (AvgIpc) is 2.72. The van der Waals surface area contributed by atoms with E-state index in [0.717, 1.165) is 4.90 Å². The maximum absolute atomic E-state index is 12.9. The molecule has 1 atom stereocenters. The summed E-state index contributed by atoms with van der Waals surface area (Å²) < 4.78 is 10.6. The topological polar surface area (TPSA) is 125 Å². The number of nitrogens with one attached hydrogen (secondary N) is 1. The zero-order valence-corrected chi connectivity index (χ0v) is 16.8. The number of urea groups is 1. The first-order chi connectivity index (χ1) is 14.8. The third-order valence-electron chi connectivity index (χ3n) is 4.32. The van der Waals surface area contributed by atoms with Gasteiger partial charge in [0.15, 0.2) is 0 Å². The molecule has 0 aliphatic carbocycles. The van der Waals surface area contributed by atoms with E-state index in [4.69, 9.17) is 9.47 Å². The number of amides is 4. The smallest absolute Gasteiger partial charge is 0.335 e. The molecule has 1 aliphatic rings. The van der Waals surface area contributed by atoms with Crippen LogP contribution < -0.4 is 24.8 Å². The van der Waals surface area contributed by atoms with Gasteiger partial charge in [-0.1, -0.05) is 18.2 Å². The van der Waals surface area contributed by atoms with Gasteiger partial charge in [0, 0.05) is 6.07 Å². The van der Waals surface area contributed by atoms with Gasteiger partial charge in [-0.2, -0.15) is 0 Å². The maximum atomic E-state index is 12.9. The molecule has 3 rings (SSSR count). The van der Waals surface area contributed by atoms with Gasteiger partial charge in [0.2, 0.25) is 0 Å². The summed E-state index contributed by atoms with van der Waals surface area (Å²) in [5.74, 6) is -2.20. The second-order valence-electron chi connectivity index (χ2n) is 6.54. The zero-order chi connectivity index (χ0) is 22.5. The van der Waals surface area contributed by atoms with Gasteiger partial charge in [-0.3, -0.25) is 14.9 Å². The number of carbonyl (C=O) groups is 4. The lowest BCUT2D eigenvalue weighted by Crippen LogP contribution is -2.54. The lowest BCUT2D eigenvalue weighted by Gasteiger charge is -2.26. The summed E-state index contributed by atoms with van der Waals surface area (Å²) in [6.45, 7) is 3.55. The summed E-state index contributed by atoms with van der Waals surface area (Å²) in [6, 6.07) is 11.6. The van der Waals surface area contributed by atoms with Crippen LogP contribution in [0.3, 0.4) is 0 Å². The van der Waals surface area contributed by atoms with E-state index in [0.29, 0.717) is 17.9 Å². The molecule has 160 valence electrons. The highest BCUT2D eigenvalue weighted by molar-refractivity contribution is 6.39. The van der Waals surface area contributed by atoms with Gasteiger partial charge in [-0.15, -0.1) is 0 Å². The third-order valence-corrected chi connectivity index (χ3v) is 4.32. The summed E-state index contributed by atoms with van der Waals surface area (Å²) in [7, 11) is 0. The van der Waals surface area contributed by atoms with Gasteiger partial charge in [0.25, 0.3) is 11.8 Å². The Kier molecular flexibility index (Phi) is 6.35. The van der Waals surface area contributed by atoms with Crippen LogP contribution in [0.2, 0.25) is 0 Å². The van der Waals surface area contributed by atoms with Crippen LogP contribution in [0.1, 0.15) is 19.4 Å². The Bertz CT molecular complexity index is 1060. The second-order valence-corrected chi connectivity index (χ2v) is 6.54. The van der Waals surface area contributed by atoms with Crippen LogP contribution in [-0.2, 0) is 14.4 Å². The number of hydrogen-bond acceptors (Lipinski definition) is 7. The van der Waals surface area contributed by atoms with Crippen LogP contribution >= 0.6 is 0 Å². The monoisotopic (exact) mass is 423 g/mol. The largest absolute Gasteiger partial charge is 0.546 e. The van der Waals surface area contributed by atoms with Crippen LogP contribution in [0.5, 0.6) is 11.5 Å². The van der Waals surface area contributed by atoms with Crippen molar-refractivity contribution in [2.75, 3.05) is 11.5 Å². The molecule has 0 unspecified atom stereocenters. The SMILES string of the molecule is CCOc1cccc(N2C(=O)NC(=O)/C(=C\c3ccc(O[C@H](C)C(=O)[O-])cc3)C2=O)c1. The van der Waals surface area contributed by atoms with Crippen LogP contribution in [0, 0.1) is 0 Å². The molecule has 0 spiro atoms. The van der Waals surface area contributed by atoms with Crippen molar-refractivity contribution in [3.63, 3.8) is 0 Å². The van der Waals surface area contributed by atoms with Crippen LogP contribution in [0.15, 0.2) is 54.1 Å². The van der Waals surface area contributed by atoms with E-state index in [2.05, 4.69) is 5.32 Å². The van der Waals surface area contributed by atoms with Crippen LogP contribution in [-0.4, -0.2) is 36.5 Å². The molecular formula is C22H19N2O7-. The van der Waals surface area contributed by atoms with Gasteiger partial charge in [-0.05, 0) is 49.8 Å². The lowest BCUT2D eigenvalue weighted by molar-refractivity contribution is -0.312. The van der Waals surface area contributed by atoms with Gasteiger partial charge >= 0.3 is 6.03 Å². The number of ether oxygens (including phenoxy) is 2. The number of rotatable bonds is 7. The van der Waals surface area contributed by atoms with Crippen molar-refractivity contribution in [2.45, 2.75) is 20.0 Å². The Labute approximate surface area is 177 Å². The van der Waals surface area contributed by atoms with Gasteiger partial charge in [0.05, 0.1) is 18.3 Å². The van der Waals surface area contributed by atoms with Crippen molar-refractivity contribution in [2.24, 2.45) is 0 Å². The van der Waals surface area contributed by atoms with Crippen molar-refractivity contribution in [1.82, 2.24) is 5.32 Å². The molecule has 9 heteroatoms. The highest BCUT2D eigenvalue weighted by Gasteiger charge is 2.36. The highest BCUT2D eigenvalue weighted by Crippen LogP contribution is 2.26. The zero-order valence-electron chi connectivity index (χ0n) is 16.8. The molecule has 2 aromatic carbocycles. The fraction of sp³-hybridized carbons (Fsp3) is 0.182. The molecule has 0 saturated carbocycles. The highest BCUT2D eigenvalue weighted by atomic mass is 16.5. The molecule has 4 amide bonds. The number of barbiturate groups is 1. The summed E-state index contributed by atoms with van der Waals surface area (Å²) in [5, 5.41) is 12.9. The molecule has 1 heterocycles. The average molecular weight is 423 g/mol. The number of benzene rings is 2. The summed E-state index contributed by atoms with van der Waals surface area (Å²) in [5.41, 5.74) is 0.495. The van der Waals surface area contributed by atoms with Crippen LogP contribution in [0.25, 0.3) is 6.08 Å². The summed E-state index contributed by atoms with van der Waals surface area (Å²) >= 11 is 0. The number of carbonyl (C=O) groups excluding carboxylic acids is 4. The van der Waals surface area contributed by atoms with E-state index in [-0.39, 0.29) is 17.0 Å². The van der Waals surface area contributed by atoms with Crippen molar-refractivity contribution in [3.8, 4) is 11.5 Å². The van der Waals surface area contributed by atoms with E-state index in [9.17, 15) is 24.3 Å². The van der Waals surface area contributed by atoms with E-state index in [1.165, 1.54) is 31.2 Å². The molecule has 0 bridgehead atoms. The minimum Gasteiger partial charge on any atom is -0.546 e. The van der Waals surface area contributed by atoms with Crippen molar-refractivity contribution < 1.29 is 33.8 Å². The first-order valence-electron chi connectivity index (χ1n) is 9.42. The predicted molar refractivity (Wildman–Crippen MR) is 108 cm³/mol. The van der Waals surface area contributed by atoms with Crippen molar-refractivity contribution in [1.29, 1.82) is 0 Å². The Morgan fingerprint density at radius 1 is 1.13 bits per heavy atom. The van der Waals surface area contributed by atoms with Crippen molar-refractivity contribution >= 4 is 35.6 Å². The molecule has 0 radical (unpaired) electrons. The Hall–Kier alpha value is -4.14. The first-order valence-corrected chi connectivity index (χ1v) is 9.42. The normalized spacial score (nSPS) is 16.1. The number of imide groups is 2. The number of aliphatic carboxylic acids is 1. The van der Waals surface area contributed by atoms with Gasteiger partial charge in [0.1, 0.15) is 23.2 Å². The number of anilines is 1. The van der Waals surface area contributed by atoms with E-state index in [1.807, 2.05) is 0 Å². The molecule has 2 aromatic rings. The summed E-state index contributed by atoms with van der Waals surface area (Å²) in [4.78, 5) is 49.2. The third kappa shape index (κ3) is 4.89. The second kappa shape index (κ2) is 9.12. The quantitative estimate of drug-likeness (QED) is 0.525. The van der Waals surface area contributed by atoms with Gasteiger partial charge in [-0.25, -0.2) is 9.69 Å². The molecule has 0 aromatic heterocycles. The lowest BCUT2D eigenvalue weighted by atomic mass is 10.1. The number of hydrogen-bond donors (Lipinski definition) is 1. The van der Waals surface area contributed by atoms with E-state index in [1.54, 1.807) is 37.3 Å². The standard InChI is InChI=1S/C22H20N2O7/c1-3-30-17-6-4-5-15(12-17)24-20(26)18(19(25)23-22(24)29)11-14-7-9-16(10-8-14)31-13(2)21(27)28/h4-13H,3H2,1-2H3,(H,27,28)(H,23,25,29)/p-1/b18-11+/t13-/m1/s1. The molecule has 1 N–H and O–H groups in total. The number of carboxylic acids is 1. The Morgan fingerprint density at radius 2 is 1.84 bits per heavy atom. The number of carboxylic acid groups (broad SMARTS) is 1. The molecular weight excluding hydrogens is 404 g/mol. The Morgan fingerprint density at radius 3 is 2.48 bits per heavy atom. The maximum Gasteiger partial charge on any atom is 0.335 e. The van der Waals surface area contributed by atoms with Crippen molar-refractivity contribution in [3.05, 3.63) is 59.7 Å². The minimum atomic E-state index is -1.35. The molecule has 31 heavy (non-hydrogen) atoms. The molecule has 1 saturated heterocycles. The predicted octanol–water partition coefficient (Wildman–Crippen LogP) is 1.27. The van der Waals surface area contributed by atoms with E-state index < -0.39 is 29.9 Å². The first kappa shape index (κ1) is 21.6. The van der Waals surface area contributed by atoms with E-state index >= 15 is 0 Å². The Balaban J connectivity index is 1.87. The number of nitrogens with zero attached hydrogens (tertiary/aromatic N) is 1. The summed E-state index contributed by atoms with van der Waals surface area (Å²) in [6.07, 6.45) is 0.192. The molecule has 1 aliphatic heterocycles. The fourth-order valence-corrected chi connectivity index (χ4v) is 2.83. The fourth-order valence-electron chi connectivity index (χ4n) is 2.83.